The third-order valence-electron chi connectivity index (χ3n) is 5.39. The Morgan fingerprint density at radius 2 is 1.77 bits per heavy atom. The number of benzene rings is 2. The molecule has 1 atom stereocenters. The largest absolute Gasteiger partial charge is 0.497 e. The van der Waals surface area contributed by atoms with Crippen molar-refractivity contribution in [3.05, 3.63) is 65.4 Å². The molecule has 1 N–H and O–H groups in total. The zero-order valence-corrected chi connectivity index (χ0v) is 18.6. The number of methoxy groups -OCH3 is 1. The summed E-state index contributed by atoms with van der Waals surface area (Å²) in [5, 5.41) is 7.43. The molecule has 162 valence electrons. The van der Waals surface area contributed by atoms with Gasteiger partial charge in [0.1, 0.15) is 5.75 Å². The van der Waals surface area contributed by atoms with Crippen LogP contribution < -0.4 is 10.1 Å². The second-order valence-corrected chi connectivity index (χ2v) is 10.2. The summed E-state index contributed by atoms with van der Waals surface area (Å²) in [6.07, 6.45) is 0.477. The Kier molecular flexibility index (Phi) is 5.58. The van der Waals surface area contributed by atoms with E-state index in [-0.39, 0.29) is 29.1 Å². The van der Waals surface area contributed by atoms with Crippen LogP contribution >= 0.6 is 0 Å². The zero-order valence-electron chi connectivity index (χ0n) is 17.8. The Hall–Kier alpha value is -3.13. The van der Waals surface area contributed by atoms with Crippen molar-refractivity contribution < 1.29 is 17.9 Å². The van der Waals surface area contributed by atoms with Crippen molar-refractivity contribution in [3.8, 4) is 17.0 Å². The molecule has 2 heterocycles. The first-order chi connectivity index (χ1) is 14.7. The van der Waals surface area contributed by atoms with Gasteiger partial charge < -0.3 is 10.1 Å². The molecular weight excluding hydrogens is 414 g/mol. The summed E-state index contributed by atoms with van der Waals surface area (Å²) in [4.78, 5) is 13.0. The minimum absolute atomic E-state index is 0.0238. The topological polar surface area (TPSA) is 90.3 Å². The van der Waals surface area contributed by atoms with Gasteiger partial charge in [0.2, 0.25) is 0 Å². The molecule has 2 aromatic carbocycles. The van der Waals surface area contributed by atoms with Crippen LogP contribution in [0.1, 0.15) is 34.1 Å². The molecule has 3 aromatic rings. The molecule has 1 aliphatic rings. The van der Waals surface area contributed by atoms with E-state index in [9.17, 15) is 13.2 Å². The maximum atomic E-state index is 13.0. The summed E-state index contributed by atoms with van der Waals surface area (Å²) >= 11 is 0. The fourth-order valence-corrected chi connectivity index (χ4v) is 5.66. The van der Waals surface area contributed by atoms with Crippen LogP contribution in [0.15, 0.2) is 48.5 Å². The highest BCUT2D eigenvalue weighted by Crippen LogP contribution is 2.31. The Bertz CT molecular complexity index is 1210. The number of rotatable bonds is 5. The molecule has 8 heteroatoms. The predicted molar refractivity (Wildman–Crippen MR) is 120 cm³/mol. The molecule has 0 bridgehead atoms. The molecule has 4 rings (SSSR count). The number of aryl methyl sites for hydroxylation is 2. The standard InChI is InChI=1S/C23H25N3O4S/c1-15-10-16(2)12-18(11-15)24-23(27)21-13-22(17-4-6-20(30-3)7-5-17)26(25-21)19-8-9-31(28,29)14-19/h4-7,10-13,19H,8-9,14H2,1-3H3,(H,24,27)/t19-/m0/s1. The van der Waals surface area contributed by atoms with Crippen molar-refractivity contribution in [2.75, 3.05) is 23.9 Å². The van der Waals surface area contributed by atoms with E-state index >= 15 is 0 Å². The lowest BCUT2D eigenvalue weighted by Gasteiger charge is -2.13. The Labute approximate surface area is 182 Å². The fraction of sp³-hybridized carbons (Fsp3) is 0.304. The number of carbonyl (C=O) groups is 1. The molecule has 0 unspecified atom stereocenters. The molecule has 0 spiro atoms. The van der Waals surface area contributed by atoms with Crippen LogP contribution in [0.5, 0.6) is 5.75 Å². The highest BCUT2D eigenvalue weighted by molar-refractivity contribution is 7.91. The fourth-order valence-electron chi connectivity index (χ4n) is 3.97. The van der Waals surface area contributed by atoms with Gasteiger partial charge in [0.05, 0.1) is 30.4 Å². The summed E-state index contributed by atoms with van der Waals surface area (Å²) in [5.74, 6) is 0.532. The lowest BCUT2D eigenvalue weighted by molar-refractivity contribution is 0.102. The highest BCUT2D eigenvalue weighted by atomic mass is 32.2. The molecule has 31 heavy (non-hydrogen) atoms. The quantitative estimate of drug-likeness (QED) is 0.653. The van der Waals surface area contributed by atoms with E-state index in [1.54, 1.807) is 17.9 Å². The van der Waals surface area contributed by atoms with Crippen LogP contribution in [0.3, 0.4) is 0 Å². The second kappa shape index (κ2) is 8.19. The van der Waals surface area contributed by atoms with Crippen LogP contribution in [0.25, 0.3) is 11.3 Å². The van der Waals surface area contributed by atoms with Crippen molar-refractivity contribution in [2.24, 2.45) is 0 Å². The summed E-state index contributed by atoms with van der Waals surface area (Å²) in [6.45, 7) is 3.94. The number of nitrogens with one attached hydrogen (secondary N) is 1. The lowest BCUT2D eigenvalue weighted by atomic mass is 10.1. The van der Waals surface area contributed by atoms with E-state index in [0.717, 1.165) is 16.7 Å². The molecule has 0 aliphatic carbocycles. The van der Waals surface area contributed by atoms with Gasteiger partial charge in [0.15, 0.2) is 15.5 Å². The van der Waals surface area contributed by atoms with E-state index < -0.39 is 9.84 Å². The molecule has 7 nitrogen and oxygen atoms in total. The van der Waals surface area contributed by atoms with Crippen LogP contribution in [0.2, 0.25) is 0 Å². The Balaban J connectivity index is 1.70. The molecule has 1 fully saturated rings. The van der Waals surface area contributed by atoms with E-state index in [1.165, 1.54) is 0 Å². The van der Waals surface area contributed by atoms with Crippen molar-refractivity contribution in [2.45, 2.75) is 26.3 Å². The van der Waals surface area contributed by atoms with Crippen LogP contribution in [-0.4, -0.2) is 42.7 Å². The van der Waals surface area contributed by atoms with Crippen molar-refractivity contribution in [3.63, 3.8) is 0 Å². The van der Waals surface area contributed by atoms with Crippen molar-refractivity contribution in [1.82, 2.24) is 9.78 Å². The normalized spacial score (nSPS) is 17.5. The molecule has 0 saturated carbocycles. The van der Waals surface area contributed by atoms with E-state index in [1.807, 2.05) is 56.3 Å². The third kappa shape index (κ3) is 4.64. The number of amides is 1. The van der Waals surface area contributed by atoms with Gasteiger partial charge in [-0.3, -0.25) is 9.48 Å². The maximum absolute atomic E-state index is 13.0. The molecule has 1 saturated heterocycles. The van der Waals surface area contributed by atoms with Crippen LogP contribution in [0, 0.1) is 13.8 Å². The number of aromatic nitrogens is 2. The molecule has 1 aliphatic heterocycles. The van der Waals surface area contributed by atoms with Crippen LogP contribution in [-0.2, 0) is 9.84 Å². The van der Waals surface area contributed by atoms with Gasteiger partial charge in [-0.1, -0.05) is 6.07 Å². The van der Waals surface area contributed by atoms with E-state index in [2.05, 4.69) is 10.4 Å². The Morgan fingerprint density at radius 3 is 2.35 bits per heavy atom. The van der Waals surface area contributed by atoms with Crippen molar-refractivity contribution in [1.29, 1.82) is 0 Å². The lowest BCUT2D eigenvalue weighted by Crippen LogP contribution is -2.16. The summed E-state index contributed by atoms with van der Waals surface area (Å²) in [7, 11) is -1.51. The molecule has 0 radical (unpaired) electrons. The van der Waals surface area contributed by atoms with Gasteiger partial charge in [-0.05, 0) is 73.9 Å². The number of hydrogen-bond acceptors (Lipinski definition) is 5. The number of nitrogens with zero attached hydrogens (tertiary/aromatic N) is 2. The Morgan fingerprint density at radius 1 is 1.10 bits per heavy atom. The second-order valence-electron chi connectivity index (χ2n) is 7.98. The summed E-state index contributed by atoms with van der Waals surface area (Å²) in [5.41, 5.74) is 4.59. The number of hydrogen-bond donors (Lipinski definition) is 1. The van der Waals surface area contributed by atoms with Crippen LogP contribution in [0.4, 0.5) is 5.69 Å². The summed E-state index contributed by atoms with van der Waals surface area (Å²) in [6, 6.07) is 14.6. The van der Waals surface area contributed by atoms with E-state index in [4.69, 9.17) is 4.74 Å². The smallest absolute Gasteiger partial charge is 0.276 e. The third-order valence-corrected chi connectivity index (χ3v) is 7.14. The predicted octanol–water partition coefficient (Wildman–Crippen LogP) is 3.79. The monoisotopic (exact) mass is 439 g/mol. The first-order valence-corrected chi connectivity index (χ1v) is 11.9. The van der Waals surface area contributed by atoms with Gasteiger partial charge in [-0.15, -0.1) is 0 Å². The van der Waals surface area contributed by atoms with Crippen molar-refractivity contribution >= 4 is 21.4 Å². The number of ether oxygens (including phenoxy) is 1. The maximum Gasteiger partial charge on any atom is 0.276 e. The zero-order chi connectivity index (χ0) is 22.2. The van der Waals surface area contributed by atoms with E-state index in [0.29, 0.717) is 23.6 Å². The minimum atomic E-state index is -3.10. The SMILES string of the molecule is COc1ccc(-c2cc(C(=O)Nc3cc(C)cc(C)c3)nn2[C@H]2CCS(=O)(=O)C2)cc1. The average Bonchev–Trinajstić information content (AvgIpc) is 3.30. The number of anilines is 1. The average molecular weight is 440 g/mol. The van der Waals surface area contributed by atoms with Gasteiger partial charge in [-0.25, -0.2) is 8.42 Å². The molecule has 1 amide bonds. The summed E-state index contributed by atoms with van der Waals surface area (Å²) < 4.78 is 31.0. The number of carbonyl (C=O) groups excluding carboxylic acids is 1. The number of sulfone groups is 1. The van der Waals surface area contributed by atoms with Gasteiger partial charge in [0.25, 0.3) is 5.91 Å². The molecular formula is C23H25N3O4S. The minimum Gasteiger partial charge on any atom is -0.497 e. The van der Waals surface area contributed by atoms with Gasteiger partial charge in [0, 0.05) is 11.3 Å². The molecule has 1 aromatic heterocycles. The first-order valence-electron chi connectivity index (χ1n) is 10.1. The van der Waals surface area contributed by atoms with Gasteiger partial charge >= 0.3 is 0 Å². The van der Waals surface area contributed by atoms with Gasteiger partial charge in [-0.2, -0.15) is 5.10 Å². The highest BCUT2D eigenvalue weighted by Gasteiger charge is 2.32. The first kappa shape index (κ1) is 21.1.